The lowest BCUT2D eigenvalue weighted by atomic mass is 10.0. The highest BCUT2D eigenvalue weighted by Gasteiger charge is 2.20. The Balaban J connectivity index is 1.39. The lowest BCUT2D eigenvalue weighted by Crippen LogP contribution is -2.48. The first-order chi connectivity index (χ1) is 13.3. The van der Waals surface area contributed by atoms with E-state index < -0.39 is 0 Å². The van der Waals surface area contributed by atoms with Gasteiger partial charge in [-0.2, -0.15) is 0 Å². The second-order valence-corrected chi connectivity index (χ2v) is 6.91. The zero-order valence-electron chi connectivity index (χ0n) is 16.2. The van der Waals surface area contributed by atoms with Crippen molar-refractivity contribution in [3.05, 3.63) is 43.0 Å². The van der Waals surface area contributed by atoms with E-state index in [9.17, 15) is 0 Å². The predicted octanol–water partition coefficient (Wildman–Crippen LogP) is 2.28. The van der Waals surface area contributed by atoms with E-state index in [2.05, 4.69) is 63.0 Å². The monoisotopic (exact) mass is 369 g/mol. The van der Waals surface area contributed by atoms with Gasteiger partial charge in [-0.3, -0.25) is 4.99 Å². The molecular formula is C20H31N7. The van der Waals surface area contributed by atoms with Gasteiger partial charge in [-0.15, -0.1) is 10.2 Å². The molecule has 1 aliphatic rings. The van der Waals surface area contributed by atoms with Crippen molar-refractivity contribution in [2.75, 3.05) is 31.1 Å². The molecule has 1 aliphatic heterocycles. The minimum absolute atomic E-state index is 0.486. The zero-order valence-corrected chi connectivity index (χ0v) is 16.2. The van der Waals surface area contributed by atoms with E-state index in [0.29, 0.717) is 6.04 Å². The number of aliphatic imine (C=N–C) groups is 1. The van der Waals surface area contributed by atoms with Crippen molar-refractivity contribution in [1.82, 2.24) is 25.4 Å². The molecule has 3 rings (SSSR count). The average Bonchev–Trinajstić information content (AvgIpc) is 3.23. The fraction of sp³-hybridized carbons (Fsp3) is 0.550. The van der Waals surface area contributed by atoms with Gasteiger partial charge >= 0.3 is 0 Å². The average molecular weight is 370 g/mol. The molecule has 1 saturated heterocycles. The molecule has 0 spiro atoms. The normalized spacial score (nSPS) is 15.7. The molecule has 2 aromatic rings. The quantitative estimate of drug-likeness (QED) is 0.424. The summed E-state index contributed by atoms with van der Waals surface area (Å²) in [5.41, 5.74) is 1.32. The van der Waals surface area contributed by atoms with Crippen LogP contribution >= 0.6 is 0 Å². The van der Waals surface area contributed by atoms with Gasteiger partial charge in [0.05, 0.1) is 0 Å². The van der Waals surface area contributed by atoms with Gasteiger partial charge in [-0.05, 0) is 44.7 Å². The maximum Gasteiger partial charge on any atom is 0.191 e. The van der Waals surface area contributed by atoms with Crippen LogP contribution in [0.15, 0.2) is 48.0 Å². The van der Waals surface area contributed by atoms with Crippen LogP contribution in [0.5, 0.6) is 0 Å². The van der Waals surface area contributed by atoms with Crippen LogP contribution in [0.25, 0.3) is 0 Å². The Morgan fingerprint density at radius 3 is 2.56 bits per heavy atom. The molecule has 1 aromatic carbocycles. The van der Waals surface area contributed by atoms with Gasteiger partial charge in [0.15, 0.2) is 5.96 Å². The molecule has 0 radical (unpaired) electrons. The SMILES string of the molecule is CCNC(=NCCCCn1cnnc1)NC1CCN(c2ccccc2)CC1. The van der Waals surface area contributed by atoms with Gasteiger partial charge in [0.25, 0.3) is 0 Å². The number of anilines is 1. The second kappa shape index (κ2) is 10.5. The van der Waals surface area contributed by atoms with E-state index >= 15 is 0 Å². The topological polar surface area (TPSA) is 70.4 Å². The number of benzene rings is 1. The Bertz CT molecular complexity index is 661. The minimum Gasteiger partial charge on any atom is -0.371 e. The molecular weight excluding hydrogens is 338 g/mol. The molecule has 146 valence electrons. The zero-order chi connectivity index (χ0) is 18.7. The number of aryl methyl sites for hydroxylation is 1. The Morgan fingerprint density at radius 2 is 1.85 bits per heavy atom. The van der Waals surface area contributed by atoms with E-state index in [1.54, 1.807) is 12.7 Å². The molecule has 0 saturated carbocycles. The van der Waals surface area contributed by atoms with Crippen molar-refractivity contribution in [1.29, 1.82) is 0 Å². The molecule has 7 heteroatoms. The van der Waals surface area contributed by atoms with Crippen molar-refractivity contribution in [2.24, 2.45) is 4.99 Å². The number of piperidine rings is 1. The fourth-order valence-electron chi connectivity index (χ4n) is 3.37. The van der Waals surface area contributed by atoms with Crippen molar-refractivity contribution >= 4 is 11.6 Å². The van der Waals surface area contributed by atoms with Crippen LogP contribution in [0.1, 0.15) is 32.6 Å². The second-order valence-electron chi connectivity index (χ2n) is 6.91. The first kappa shape index (κ1) is 19.2. The van der Waals surface area contributed by atoms with Gasteiger partial charge in [-0.25, -0.2) is 0 Å². The molecule has 0 unspecified atom stereocenters. The number of nitrogens with zero attached hydrogens (tertiary/aromatic N) is 5. The summed E-state index contributed by atoms with van der Waals surface area (Å²) in [4.78, 5) is 7.21. The highest BCUT2D eigenvalue weighted by Crippen LogP contribution is 2.19. The molecule has 0 aliphatic carbocycles. The standard InChI is InChI=1S/C20H31N7/c1-2-21-20(22-12-6-7-13-26-16-23-24-17-26)25-18-10-14-27(15-11-18)19-8-4-3-5-9-19/h3-5,8-9,16-18H,2,6-7,10-15H2,1H3,(H2,21,22,25). The Kier molecular flexibility index (Phi) is 7.50. The van der Waals surface area contributed by atoms with E-state index in [1.165, 1.54) is 5.69 Å². The van der Waals surface area contributed by atoms with Crippen LogP contribution in [0.2, 0.25) is 0 Å². The Labute approximate surface area is 161 Å². The molecule has 27 heavy (non-hydrogen) atoms. The summed E-state index contributed by atoms with van der Waals surface area (Å²) < 4.78 is 2.01. The van der Waals surface area contributed by atoms with Crippen LogP contribution in [0.4, 0.5) is 5.69 Å². The number of nitrogens with one attached hydrogen (secondary N) is 2. The molecule has 1 fully saturated rings. The van der Waals surface area contributed by atoms with Crippen molar-refractivity contribution in [3.63, 3.8) is 0 Å². The molecule has 0 amide bonds. The summed E-state index contributed by atoms with van der Waals surface area (Å²) in [6, 6.07) is 11.2. The maximum absolute atomic E-state index is 4.74. The van der Waals surface area contributed by atoms with Gasteiger partial charge in [-0.1, -0.05) is 18.2 Å². The number of guanidine groups is 1. The van der Waals surface area contributed by atoms with Crippen LogP contribution in [0, 0.1) is 0 Å². The number of rotatable bonds is 8. The van der Waals surface area contributed by atoms with Crippen molar-refractivity contribution in [3.8, 4) is 0 Å². The number of unbranched alkanes of at least 4 members (excludes halogenated alkanes) is 1. The third kappa shape index (κ3) is 6.27. The molecule has 7 nitrogen and oxygen atoms in total. The number of hydrogen-bond acceptors (Lipinski definition) is 4. The van der Waals surface area contributed by atoms with E-state index in [0.717, 1.165) is 64.4 Å². The first-order valence-corrected chi connectivity index (χ1v) is 10.0. The highest BCUT2D eigenvalue weighted by molar-refractivity contribution is 5.80. The van der Waals surface area contributed by atoms with Crippen LogP contribution in [0.3, 0.4) is 0 Å². The van der Waals surface area contributed by atoms with E-state index in [-0.39, 0.29) is 0 Å². The molecule has 1 aromatic heterocycles. The molecule has 2 N–H and O–H groups in total. The summed E-state index contributed by atoms with van der Waals surface area (Å²) >= 11 is 0. The maximum atomic E-state index is 4.74. The van der Waals surface area contributed by atoms with Crippen LogP contribution in [-0.4, -0.2) is 52.9 Å². The Morgan fingerprint density at radius 1 is 1.11 bits per heavy atom. The highest BCUT2D eigenvalue weighted by atomic mass is 15.2. The van der Waals surface area contributed by atoms with Crippen LogP contribution < -0.4 is 15.5 Å². The summed E-state index contributed by atoms with van der Waals surface area (Å²) in [5, 5.41) is 14.6. The molecule has 0 atom stereocenters. The third-order valence-electron chi connectivity index (χ3n) is 4.86. The third-order valence-corrected chi connectivity index (χ3v) is 4.86. The lowest BCUT2D eigenvalue weighted by molar-refractivity contribution is 0.461. The largest absolute Gasteiger partial charge is 0.371 e. The van der Waals surface area contributed by atoms with E-state index in [4.69, 9.17) is 4.99 Å². The Hall–Kier alpha value is -2.57. The minimum atomic E-state index is 0.486. The summed E-state index contributed by atoms with van der Waals surface area (Å²) in [6.07, 6.45) is 7.92. The summed E-state index contributed by atoms with van der Waals surface area (Å²) in [7, 11) is 0. The van der Waals surface area contributed by atoms with Gasteiger partial charge < -0.3 is 20.1 Å². The number of aromatic nitrogens is 3. The fourth-order valence-corrected chi connectivity index (χ4v) is 3.37. The van der Waals surface area contributed by atoms with Gasteiger partial charge in [0, 0.05) is 44.5 Å². The summed E-state index contributed by atoms with van der Waals surface area (Å²) in [6.45, 7) is 6.95. The first-order valence-electron chi connectivity index (χ1n) is 10.0. The molecule has 2 heterocycles. The summed E-state index contributed by atoms with van der Waals surface area (Å²) in [5.74, 6) is 0.944. The number of hydrogen-bond donors (Lipinski definition) is 2. The molecule has 0 bridgehead atoms. The predicted molar refractivity (Wildman–Crippen MR) is 110 cm³/mol. The lowest BCUT2D eigenvalue weighted by Gasteiger charge is -2.34. The van der Waals surface area contributed by atoms with Crippen molar-refractivity contribution < 1.29 is 0 Å². The van der Waals surface area contributed by atoms with Gasteiger partial charge in [0.1, 0.15) is 12.7 Å². The van der Waals surface area contributed by atoms with Crippen LogP contribution in [-0.2, 0) is 6.54 Å². The van der Waals surface area contributed by atoms with E-state index in [1.807, 2.05) is 4.57 Å². The smallest absolute Gasteiger partial charge is 0.191 e. The van der Waals surface area contributed by atoms with Crippen molar-refractivity contribution in [2.45, 2.75) is 45.2 Å². The van der Waals surface area contributed by atoms with Gasteiger partial charge in [0.2, 0.25) is 0 Å². The number of para-hydroxylation sites is 1.